The van der Waals surface area contributed by atoms with E-state index < -0.39 is 0 Å². The fourth-order valence-electron chi connectivity index (χ4n) is 1.83. The normalized spacial score (nSPS) is 12.9. The first-order valence-electron chi connectivity index (χ1n) is 5.62. The molecule has 0 aromatic carbocycles. The van der Waals surface area contributed by atoms with E-state index in [4.69, 9.17) is 4.42 Å². The molecule has 16 heavy (non-hydrogen) atoms. The zero-order valence-electron chi connectivity index (χ0n) is 9.69. The van der Waals surface area contributed by atoms with Crippen molar-refractivity contribution in [2.24, 2.45) is 0 Å². The van der Waals surface area contributed by atoms with Crippen molar-refractivity contribution < 1.29 is 4.42 Å². The van der Waals surface area contributed by atoms with Crippen molar-refractivity contribution in [3.63, 3.8) is 0 Å². The van der Waals surface area contributed by atoms with Crippen LogP contribution in [0.4, 0.5) is 0 Å². The maximum absolute atomic E-state index is 5.18. The molecule has 1 N–H and O–H groups in total. The van der Waals surface area contributed by atoms with Crippen LogP contribution in [0.25, 0.3) is 0 Å². The Bertz CT molecular complexity index is 419. The van der Waals surface area contributed by atoms with Gasteiger partial charge < -0.3 is 9.73 Å². The molecule has 0 saturated carbocycles. The fraction of sp³-hybridized carbons (Fsp3) is 0.385. The molecule has 0 radical (unpaired) electrons. The molecular formula is C13H17NOS. The number of hydrogen-bond donors (Lipinski definition) is 1. The zero-order chi connectivity index (χ0) is 11.4. The SMILES string of the molecule is CCCNC(c1ccoc1)c1ccsc1C. The average Bonchev–Trinajstić information content (AvgIpc) is 2.91. The van der Waals surface area contributed by atoms with Gasteiger partial charge in [0.2, 0.25) is 0 Å². The molecule has 0 fully saturated rings. The molecule has 2 aromatic heterocycles. The van der Waals surface area contributed by atoms with Gasteiger partial charge in [0.05, 0.1) is 18.6 Å². The van der Waals surface area contributed by atoms with Crippen molar-refractivity contribution in [3.8, 4) is 0 Å². The smallest absolute Gasteiger partial charge is 0.0953 e. The fourth-order valence-corrected chi connectivity index (χ4v) is 2.57. The molecular weight excluding hydrogens is 218 g/mol. The molecule has 86 valence electrons. The quantitative estimate of drug-likeness (QED) is 0.854. The zero-order valence-corrected chi connectivity index (χ0v) is 10.5. The van der Waals surface area contributed by atoms with E-state index >= 15 is 0 Å². The Morgan fingerprint density at radius 1 is 1.44 bits per heavy atom. The van der Waals surface area contributed by atoms with E-state index in [1.807, 2.05) is 12.3 Å². The van der Waals surface area contributed by atoms with Gasteiger partial charge in [-0.05, 0) is 43.0 Å². The summed E-state index contributed by atoms with van der Waals surface area (Å²) in [6.45, 7) is 5.37. The number of furan rings is 1. The number of aryl methyl sites for hydroxylation is 1. The summed E-state index contributed by atoms with van der Waals surface area (Å²) in [7, 11) is 0. The van der Waals surface area contributed by atoms with Crippen molar-refractivity contribution >= 4 is 11.3 Å². The lowest BCUT2D eigenvalue weighted by molar-refractivity contribution is 0.548. The lowest BCUT2D eigenvalue weighted by Gasteiger charge is -2.17. The summed E-state index contributed by atoms with van der Waals surface area (Å²) >= 11 is 1.79. The minimum atomic E-state index is 0.268. The van der Waals surface area contributed by atoms with Gasteiger partial charge in [0.15, 0.2) is 0 Å². The van der Waals surface area contributed by atoms with Crippen LogP contribution in [0.15, 0.2) is 34.5 Å². The van der Waals surface area contributed by atoms with E-state index in [2.05, 4.69) is 30.6 Å². The molecule has 0 spiro atoms. The third-order valence-electron chi connectivity index (χ3n) is 2.68. The molecule has 0 saturated heterocycles. The number of thiophene rings is 1. The summed E-state index contributed by atoms with van der Waals surface area (Å²) in [5.74, 6) is 0. The Labute approximate surface area is 100 Å². The molecule has 2 aromatic rings. The van der Waals surface area contributed by atoms with Gasteiger partial charge in [-0.15, -0.1) is 11.3 Å². The van der Waals surface area contributed by atoms with E-state index in [1.54, 1.807) is 17.6 Å². The van der Waals surface area contributed by atoms with Crippen molar-refractivity contribution in [2.75, 3.05) is 6.54 Å². The average molecular weight is 235 g/mol. The van der Waals surface area contributed by atoms with Crippen molar-refractivity contribution in [2.45, 2.75) is 26.3 Å². The van der Waals surface area contributed by atoms with Crippen LogP contribution in [0.1, 0.15) is 35.4 Å². The number of rotatable bonds is 5. The molecule has 3 heteroatoms. The first-order chi connectivity index (χ1) is 7.83. The summed E-state index contributed by atoms with van der Waals surface area (Å²) in [5, 5.41) is 5.71. The van der Waals surface area contributed by atoms with E-state index in [1.165, 1.54) is 16.0 Å². The second-order valence-electron chi connectivity index (χ2n) is 3.88. The summed E-state index contributed by atoms with van der Waals surface area (Å²) in [4.78, 5) is 1.37. The minimum absolute atomic E-state index is 0.268. The lowest BCUT2D eigenvalue weighted by atomic mass is 10.0. The van der Waals surface area contributed by atoms with E-state index in [9.17, 15) is 0 Å². The second kappa shape index (κ2) is 5.32. The van der Waals surface area contributed by atoms with Crippen LogP contribution in [0.2, 0.25) is 0 Å². The standard InChI is InChI=1S/C13H17NOS/c1-3-6-14-13(11-4-7-15-9-11)12-5-8-16-10(12)2/h4-5,7-9,13-14H,3,6H2,1-2H3. The van der Waals surface area contributed by atoms with Crippen LogP contribution in [0.5, 0.6) is 0 Å². The van der Waals surface area contributed by atoms with Gasteiger partial charge in [0.25, 0.3) is 0 Å². The first-order valence-corrected chi connectivity index (χ1v) is 6.50. The molecule has 2 heterocycles. The predicted octanol–water partition coefficient (Wildman–Crippen LogP) is 3.74. The molecule has 2 rings (SSSR count). The molecule has 1 unspecified atom stereocenters. The monoisotopic (exact) mass is 235 g/mol. The maximum Gasteiger partial charge on any atom is 0.0953 e. The summed E-state index contributed by atoms with van der Waals surface area (Å²) in [5.41, 5.74) is 2.56. The van der Waals surface area contributed by atoms with Crippen LogP contribution in [0, 0.1) is 6.92 Å². The van der Waals surface area contributed by atoms with Gasteiger partial charge in [0, 0.05) is 10.4 Å². The van der Waals surface area contributed by atoms with Crippen LogP contribution in [0.3, 0.4) is 0 Å². The molecule has 0 aliphatic heterocycles. The topological polar surface area (TPSA) is 25.2 Å². The number of hydrogen-bond acceptors (Lipinski definition) is 3. The van der Waals surface area contributed by atoms with Gasteiger partial charge >= 0.3 is 0 Å². The highest BCUT2D eigenvalue weighted by atomic mass is 32.1. The van der Waals surface area contributed by atoms with E-state index in [0.717, 1.165) is 13.0 Å². The van der Waals surface area contributed by atoms with Crippen molar-refractivity contribution in [1.29, 1.82) is 0 Å². The molecule has 0 bridgehead atoms. The first kappa shape index (κ1) is 11.4. The summed E-state index contributed by atoms with van der Waals surface area (Å²) < 4.78 is 5.18. The van der Waals surface area contributed by atoms with E-state index in [-0.39, 0.29) is 6.04 Å². The van der Waals surface area contributed by atoms with Crippen LogP contribution in [-0.2, 0) is 0 Å². The molecule has 0 aliphatic rings. The molecule has 0 aliphatic carbocycles. The Morgan fingerprint density at radius 2 is 2.31 bits per heavy atom. The Kier molecular flexibility index (Phi) is 3.80. The highest BCUT2D eigenvalue weighted by molar-refractivity contribution is 7.10. The highest BCUT2D eigenvalue weighted by Crippen LogP contribution is 2.28. The second-order valence-corrected chi connectivity index (χ2v) is 5.00. The lowest BCUT2D eigenvalue weighted by Crippen LogP contribution is -2.22. The van der Waals surface area contributed by atoms with Crippen LogP contribution < -0.4 is 5.32 Å². The maximum atomic E-state index is 5.18. The van der Waals surface area contributed by atoms with E-state index in [0.29, 0.717) is 0 Å². The van der Waals surface area contributed by atoms with Crippen LogP contribution >= 0.6 is 11.3 Å². The molecule has 0 amide bonds. The van der Waals surface area contributed by atoms with Gasteiger partial charge in [-0.1, -0.05) is 6.92 Å². The van der Waals surface area contributed by atoms with Gasteiger partial charge in [-0.2, -0.15) is 0 Å². The highest BCUT2D eigenvalue weighted by Gasteiger charge is 2.16. The Hall–Kier alpha value is -1.06. The van der Waals surface area contributed by atoms with Crippen molar-refractivity contribution in [3.05, 3.63) is 46.0 Å². The third kappa shape index (κ3) is 2.36. The van der Waals surface area contributed by atoms with Gasteiger partial charge in [-0.3, -0.25) is 0 Å². The van der Waals surface area contributed by atoms with Crippen LogP contribution in [-0.4, -0.2) is 6.54 Å². The third-order valence-corrected chi connectivity index (χ3v) is 3.55. The predicted molar refractivity (Wildman–Crippen MR) is 67.9 cm³/mol. The largest absolute Gasteiger partial charge is 0.472 e. The summed E-state index contributed by atoms with van der Waals surface area (Å²) in [6.07, 6.45) is 4.69. The summed E-state index contributed by atoms with van der Waals surface area (Å²) in [6, 6.07) is 4.50. The van der Waals surface area contributed by atoms with Gasteiger partial charge in [-0.25, -0.2) is 0 Å². The van der Waals surface area contributed by atoms with Gasteiger partial charge in [0.1, 0.15) is 0 Å². The molecule has 2 nitrogen and oxygen atoms in total. The Morgan fingerprint density at radius 3 is 2.88 bits per heavy atom. The molecule has 1 atom stereocenters. The van der Waals surface area contributed by atoms with Crippen molar-refractivity contribution in [1.82, 2.24) is 5.32 Å². The number of nitrogens with one attached hydrogen (secondary N) is 1. The Balaban J connectivity index is 2.25. The minimum Gasteiger partial charge on any atom is -0.472 e.